The van der Waals surface area contributed by atoms with Crippen molar-refractivity contribution in [1.82, 2.24) is 0 Å². The van der Waals surface area contributed by atoms with Gasteiger partial charge in [-0.2, -0.15) is 0 Å². The van der Waals surface area contributed by atoms with Crippen LogP contribution in [0.2, 0.25) is 0 Å². The summed E-state index contributed by atoms with van der Waals surface area (Å²) < 4.78 is 5.17. The molecule has 1 N–H and O–H groups in total. The van der Waals surface area contributed by atoms with E-state index >= 15 is 0 Å². The van der Waals surface area contributed by atoms with E-state index in [4.69, 9.17) is 4.74 Å². The van der Waals surface area contributed by atoms with Gasteiger partial charge in [0.25, 0.3) is 0 Å². The Labute approximate surface area is 121 Å². The number of rotatable bonds is 5. The highest BCUT2D eigenvalue weighted by atomic mass is 16.5. The van der Waals surface area contributed by atoms with Crippen molar-refractivity contribution in [3.63, 3.8) is 0 Å². The van der Waals surface area contributed by atoms with Gasteiger partial charge in [-0.3, -0.25) is 0 Å². The van der Waals surface area contributed by atoms with Crippen LogP contribution in [0.1, 0.15) is 27.8 Å². The molecular formula is C18H23NO. The van der Waals surface area contributed by atoms with Crippen molar-refractivity contribution < 1.29 is 4.74 Å². The summed E-state index contributed by atoms with van der Waals surface area (Å²) in [6.07, 6.45) is 0. The van der Waals surface area contributed by atoms with Crippen LogP contribution in [-0.4, -0.2) is 7.11 Å². The smallest absolute Gasteiger partial charge is 0.0713 e. The third-order valence-corrected chi connectivity index (χ3v) is 3.55. The molecule has 2 heteroatoms. The van der Waals surface area contributed by atoms with Gasteiger partial charge in [-0.05, 0) is 55.2 Å². The molecule has 0 radical (unpaired) electrons. The Morgan fingerprint density at radius 1 is 1.00 bits per heavy atom. The zero-order valence-corrected chi connectivity index (χ0v) is 12.8. The molecule has 2 nitrogen and oxygen atoms in total. The van der Waals surface area contributed by atoms with E-state index in [0.717, 1.165) is 12.2 Å². The first kappa shape index (κ1) is 14.6. The van der Waals surface area contributed by atoms with Gasteiger partial charge in [-0.1, -0.05) is 29.8 Å². The Kier molecular flexibility index (Phi) is 4.80. The monoisotopic (exact) mass is 269 g/mol. The number of nitrogens with one attached hydrogen (secondary N) is 1. The average Bonchev–Trinajstić information content (AvgIpc) is 2.38. The van der Waals surface area contributed by atoms with Crippen molar-refractivity contribution in [2.75, 3.05) is 12.4 Å². The molecule has 0 heterocycles. The maximum Gasteiger partial charge on any atom is 0.0713 e. The van der Waals surface area contributed by atoms with Gasteiger partial charge in [-0.25, -0.2) is 0 Å². The maximum absolute atomic E-state index is 5.17. The highest BCUT2D eigenvalue weighted by Gasteiger charge is 2.04. The lowest BCUT2D eigenvalue weighted by molar-refractivity contribution is 0.185. The molecule has 2 rings (SSSR count). The van der Waals surface area contributed by atoms with Gasteiger partial charge in [0.05, 0.1) is 6.61 Å². The molecule has 0 aliphatic rings. The Bertz CT molecular complexity index is 567. The van der Waals surface area contributed by atoms with Crippen molar-refractivity contribution in [3.8, 4) is 0 Å². The normalized spacial score (nSPS) is 10.6. The van der Waals surface area contributed by atoms with Crippen molar-refractivity contribution >= 4 is 5.69 Å². The summed E-state index contributed by atoms with van der Waals surface area (Å²) in [7, 11) is 1.72. The van der Waals surface area contributed by atoms with E-state index in [2.05, 4.69) is 62.5 Å². The second-order valence-corrected chi connectivity index (χ2v) is 5.36. The molecule has 106 valence electrons. The summed E-state index contributed by atoms with van der Waals surface area (Å²) in [4.78, 5) is 0. The predicted molar refractivity (Wildman–Crippen MR) is 85.1 cm³/mol. The van der Waals surface area contributed by atoms with Crippen LogP contribution in [0.3, 0.4) is 0 Å². The zero-order valence-electron chi connectivity index (χ0n) is 12.8. The van der Waals surface area contributed by atoms with Gasteiger partial charge < -0.3 is 10.1 Å². The number of hydrogen-bond donors (Lipinski definition) is 1. The average molecular weight is 269 g/mol. The predicted octanol–water partition coefficient (Wildman–Crippen LogP) is 4.37. The summed E-state index contributed by atoms with van der Waals surface area (Å²) in [6.45, 7) is 8.01. The zero-order chi connectivity index (χ0) is 14.5. The summed E-state index contributed by atoms with van der Waals surface area (Å²) in [5.41, 5.74) is 7.73. The Balaban J connectivity index is 2.11. The van der Waals surface area contributed by atoms with E-state index in [9.17, 15) is 0 Å². The van der Waals surface area contributed by atoms with Crippen LogP contribution < -0.4 is 5.32 Å². The second-order valence-electron chi connectivity index (χ2n) is 5.36. The van der Waals surface area contributed by atoms with Gasteiger partial charge >= 0.3 is 0 Å². The third-order valence-electron chi connectivity index (χ3n) is 3.55. The highest BCUT2D eigenvalue weighted by Crippen LogP contribution is 2.19. The van der Waals surface area contributed by atoms with Crippen LogP contribution in [0, 0.1) is 20.8 Å². The fourth-order valence-corrected chi connectivity index (χ4v) is 2.62. The van der Waals surface area contributed by atoms with E-state index in [0.29, 0.717) is 6.61 Å². The number of methoxy groups -OCH3 is 1. The minimum atomic E-state index is 0.651. The number of benzene rings is 2. The van der Waals surface area contributed by atoms with E-state index in [1.54, 1.807) is 7.11 Å². The van der Waals surface area contributed by atoms with Crippen molar-refractivity contribution in [3.05, 3.63) is 64.2 Å². The van der Waals surface area contributed by atoms with E-state index in [-0.39, 0.29) is 0 Å². The lowest BCUT2D eigenvalue weighted by atomic mass is 10.00. The molecule has 0 atom stereocenters. The molecule has 0 spiro atoms. The second kappa shape index (κ2) is 6.58. The molecule has 0 saturated carbocycles. The molecule has 0 amide bonds. The summed E-state index contributed by atoms with van der Waals surface area (Å²) in [5.74, 6) is 0. The van der Waals surface area contributed by atoms with Crippen LogP contribution in [0.5, 0.6) is 0 Å². The highest BCUT2D eigenvalue weighted by molar-refractivity contribution is 5.48. The van der Waals surface area contributed by atoms with Crippen LogP contribution in [0.15, 0.2) is 36.4 Å². The van der Waals surface area contributed by atoms with Crippen LogP contribution in [0.25, 0.3) is 0 Å². The molecule has 0 unspecified atom stereocenters. The quantitative estimate of drug-likeness (QED) is 0.870. The van der Waals surface area contributed by atoms with Gasteiger partial charge in [0.2, 0.25) is 0 Å². The first-order valence-electron chi connectivity index (χ1n) is 6.98. The molecule has 0 bridgehead atoms. The molecule has 2 aromatic carbocycles. The van der Waals surface area contributed by atoms with Crippen molar-refractivity contribution in [2.45, 2.75) is 33.9 Å². The van der Waals surface area contributed by atoms with Gasteiger partial charge in [0.15, 0.2) is 0 Å². The number of anilines is 1. The SMILES string of the molecule is COCc1cccc(NCc2c(C)cc(C)cc2C)c1. The van der Waals surface area contributed by atoms with Crippen LogP contribution in [0.4, 0.5) is 5.69 Å². The van der Waals surface area contributed by atoms with Gasteiger partial charge in [0.1, 0.15) is 0 Å². The molecule has 0 aliphatic carbocycles. The summed E-state index contributed by atoms with van der Waals surface area (Å²) in [5, 5.41) is 3.51. The molecular weight excluding hydrogens is 246 g/mol. The fourth-order valence-electron chi connectivity index (χ4n) is 2.62. The van der Waals surface area contributed by atoms with Crippen molar-refractivity contribution in [1.29, 1.82) is 0 Å². The first-order chi connectivity index (χ1) is 9.60. The summed E-state index contributed by atoms with van der Waals surface area (Å²) in [6, 6.07) is 12.9. The largest absolute Gasteiger partial charge is 0.381 e. The number of aryl methyl sites for hydroxylation is 3. The summed E-state index contributed by atoms with van der Waals surface area (Å²) >= 11 is 0. The van der Waals surface area contributed by atoms with Crippen molar-refractivity contribution in [2.24, 2.45) is 0 Å². The van der Waals surface area contributed by atoms with Crippen LogP contribution in [-0.2, 0) is 17.9 Å². The minimum Gasteiger partial charge on any atom is -0.381 e. The molecule has 0 aromatic heterocycles. The molecule has 0 fully saturated rings. The topological polar surface area (TPSA) is 21.3 Å². The number of ether oxygens (including phenoxy) is 1. The van der Waals surface area contributed by atoms with E-state index in [1.165, 1.54) is 27.8 Å². The minimum absolute atomic E-state index is 0.651. The molecule has 0 saturated heterocycles. The Hall–Kier alpha value is -1.80. The van der Waals surface area contributed by atoms with E-state index in [1.807, 2.05) is 0 Å². The van der Waals surface area contributed by atoms with Gasteiger partial charge in [-0.15, -0.1) is 0 Å². The lowest BCUT2D eigenvalue weighted by Crippen LogP contribution is -2.04. The third kappa shape index (κ3) is 3.61. The Morgan fingerprint density at radius 3 is 2.35 bits per heavy atom. The maximum atomic E-state index is 5.17. The van der Waals surface area contributed by atoms with Crippen LogP contribution >= 0.6 is 0 Å². The van der Waals surface area contributed by atoms with E-state index < -0.39 is 0 Å². The number of hydrogen-bond acceptors (Lipinski definition) is 2. The molecule has 0 aliphatic heterocycles. The molecule has 2 aromatic rings. The molecule has 20 heavy (non-hydrogen) atoms. The Morgan fingerprint density at radius 2 is 1.70 bits per heavy atom. The lowest BCUT2D eigenvalue weighted by Gasteiger charge is -2.14. The van der Waals surface area contributed by atoms with Gasteiger partial charge in [0, 0.05) is 19.3 Å². The standard InChI is InChI=1S/C18H23NO/c1-13-8-14(2)18(15(3)9-13)11-19-17-7-5-6-16(10-17)12-20-4/h5-10,19H,11-12H2,1-4H3. The fraction of sp³-hybridized carbons (Fsp3) is 0.333. The first-order valence-corrected chi connectivity index (χ1v) is 6.98.